The zero-order valence-electron chi connectivity index (χ0n) is 17.0. The van der Waals surface area contributed by atoms with Crippen LogP contribution in [0.2, 0.25) is 0 Å². The fourth-order valence-electron chi connectivity index (χ4n) is 3.56. The summed E-state index contributed by atoms with van der Waals surface area (Å²) in [5.74, 6) is -0.641. The average Bonchev–Trinajstić information content (AvgIpc) is 2.58. The first kappa shape index (κ1) is 22.9. The largest absolute Gasteiger partial charge is 0.390 e. The molecule has 25 heavy (non-hydrogen) atoms. The number of ether oxygens (including phenoxy) is 2. The molecule has 0 radical (unpaired) electrons. The topological polar surface area (TPSA) is 64.7 Å². The van der Waals surface area contributed by atoms with Crippen LogP contribution in [0.1, 0.15) is 104 Å². The second-order valence-corrected chi connectivity index (χ2v) is 8.20. The Morgan fingerprint density at radius 1 is 0.920 bits per heavy atom. The van der Waals surface area contributed by atoms with Crippen molar-refractivity contribution >= 4 is 0 Å². The Balaban J connectivity index is 1.95. The van der Waals surface area contributed by atoms with E-state index in [2.05, 4.69) is 6.92 Å². The van der Waals surface area contributed by atoms with E-state index in [1.807, 2.05) is 13.8 Å². The van der Waals surface area contributed by atoms with Crippen molar-refractivity contribution in [2.45, 2.75) is 128 Å². The lowest BCUT2D eigenvalue weighted by molar-refractivity contribution is -0.294. The third kappa shape index (κ3) is 10.5. The number of aliphatic hydroxyl groups excluding tert-OH is 1. The Morgan fingerprint density at radius 2 is 1.40 bits per heavy atom. The van der Waals surface area contributed by atoms with Crippen LogP contribution in [0.25, 0.3) is 0 Å². The van der Waals surface area contributed by atoms with Gasteiger partial charge in [0.05, 0.1) is 18.8 Å². The first-order chi connectivity index (χ1) is 12.0. The molecule has 3 N–H and O–H groups in total. The second kappa shape index (κ2) is 13.1. The molecule has 0 aromatic heterocycles. The molecule has 0 amide bonds. The monoisotopic (exact) mass is 357 g/mol. The molecule has 0 bridgehead atoms. The Bertz CT molecular complexity index is 322. The van der Waals surface area contributed by atoms with Gasteiger partial charge < -0.3 is 20.3 Å². The summed E-state index contributed by atoms with van der Waals surface area (Å²) in [5, 5.41) is 10.4. The van der Waals surface area contributed by atoms with Crippen molar-refractivity contribution in [3.8, 4) is 0 Å². The van der Waals surface area contributed by atoms with Crippen LogP contribution in [0.3, 0.4) is 0 Å². The summed E-state index contributed by atoms with van der Waals surface area (Å²) in [4.78, 5) is 0. The molecule has 1 heterocycles. The Kier molecular flexibility index (Phi) is 12.0. The minimum absolute atomic E-state index is 0.236. The molecular formula is C21H43NO3. The molecule has 1 aliphatic heterocycles. The average molecular weight is 358 g/mol. The van der Waals surface area contributed by atoms with Crippen molar-refractivity contribution in [2.75, 3.05) is 6.61 Å². The molecule has 0 saturated carbocycles. The molecule has 3 atom stereocenters. The van der Waals surface area contributed by atoms with Gasteiger partial charge in [-0.3, -0.25) is 0 Å². The second-order valence-electron chi connectivity index (χ2n) is 8.20. The standard InChI is InChI=1S/C21H43NO3/c1-4-5-6-7-8-9-10-11-12-13-14-15-16-19(23)20-18(22)17-24-21(2,3)25-20/h18-20,23H,4-17,22H2,1-3H3/t18-,19+,20-/m1/s1. The van der Waals surface area contributed by atoms with Gasteiger partial charge in [-0.15, -0.1) is 0 Å². The molecule has 0 aromatic carbocycles. The molecule has 1 rings (SSSR count). The first-order valence-corrected chi connectivity index (χ1v) is 10.7. The van der Waals surface area contributed by atoms with Crippen LogP contribution in [0, 0.1) is 0 Å². The normalized spacial score (nSPS) is 24.4. The number of hydrogen-bond donors (Lipinski definition) is 2. The lowest BCUT2D eigenvalue weighted by Crippen LogP contribution is -2.57. The molecule has 4 heteroatoms. The van der Waals surface area contributed by atoms with Crippen molar-refractivity contribution in [3.63, 3.8) is 0 Å². The molecule has 4 nitrogen and oxygen atoms in total. The summed E-state index contributed by atoms with van der Waals surface area (Å²) in [6.07, 6.45) is 15.9. The molecule has 0 aliphatic carbocycles. The molecule has 0 aromatic rings. The van der Waals surface area contributed by atoms with Crippen LogP contribution < -0.4 is 5.73 Å². The van der Waals surface area contributed by atoms with E-state index in [4.69, 9.17) is 15.2 Å². The van der Waals surface area contributed by atoms with Gasteiger partial charge in [0.1, 0.15) is 6.10 Å². The zero-order valence-corrected chi connectivity index (χ0v) is 17.0. The maximum Gasteiger partial charge on any atom is 0.163 e. The lowest BCUT2D eigenvalue weighted by Gasteiger charge is -2.41. The molecular weight excluding hydrogens is 314 g/mol. The van der Waals surface area contributed by atoms with Crippen molar-refractivity contribution < 1.29 is 14.6 Å². The van der Waals surface area contributed by atoms with Crippen molar-refractivity contribution in [2.24, 2.45) is 5.73 Å². The van der Waals surface area contributed by atoms with Gasteiger partial charge in [-0.05, 0) is 20.3 Å². The van der Waals surface area contributed by atoms with E-state index in [9.17, 15) is 5.11 Å². The summed E-state index contributed by atoms with van der Waals surface area (Å²) in [5.41, 5.74) is 6.03. The molecule has 0 spiro atoms. The van der Waals surface area contributed by atoms with Gasteiger partial charge in [0.25, 0.3) is 0 Å². The van der Waals surface area contributed by atoms with E-state index in [0.29, 0.717) is 6.61 Å². The van der Waals surface area contributed by atoms with E-state index >= 15 is 0 Å². The summed E-state index contributed by atoms with van der Waals surface area (Å²) in [6, 6.07) is -0.236. The highest BCUT2D eigenvalue weighted by Crippen LogP contribution is 2.25. The van der Waals surface area contributed by atoms with Crippen LogP contribution in [-0.2, 0) is 9.47 Å². The summed E-state index contributed by atoms with van der Waals surface area (Å²) in [7, 11) is 0. The molecule has 1 saturated heterocycles. The quantitative estimate of drug-likeness (QED) is 0.433. The highest BCUT2D eigenvalue weighted by Gasteiger charge is 2.38. The van der Waals surface area contributed by atoms with E-state index < -0.39 is 11.9 Å². The van der Waals surface area contributed by atoms with Gasteiger partial charge in [0.15, 0.2) is 5.79 Å². The lowest BCUT2D eigenvalue weighted by atomic mass is 9.98. The van der Waals surface area contributed by atoms with Crippen LogP contribution >= 0.6 is 0 Å². The van der Waals surface area contributed by atoms with Crippen molar-refractivity contribution in [3.05, 3.63) is 0 Å². The van der Waals surface area contributed by atoms with E-state index in [0.717, 1.165) is 12.8 Å². The molecule has 0 unspecified atom stereocenters. The van der Waals surface area contributed by atoms with E-state index in [1.165, 1.54) is 70.6 Å². The molecule has 150 valence electrons. The predicted octanol–water partition coefficient (Wildman–Crippen LogP) is 4.92. The van der Waals surface area contributed by atoms with E-state index in [1.54, 1.807) is 0 Å². The fourth-order valence-corrected chi connectivity index (χ4v) is 3.56. The number of unbranched alkanes of at least 4 members (excludes halogenated alkanes) is 11. The van der Waals surface area contributed by atoms with Gasteiger partial charge in [-0.1, -0.05) is 84.0 Å². The third-order valence-corrected chi connectivity index (χ3v) is 5.20. The highest BCUT2D eigenvalue weighted by atomic mass is 16.7. The summed E-state index contributed by atoms with van der Waals surface area (Å²) < 4.78 is 11.3. The third-order valence-electron chi connectivity index (χ3n) is 5.20. The van der Waals surface area contributed by atoms with Crippen LogP contribution in [0.4, 0.5) is 0 Å². The first-order valence-electron chi connectivity index (χ1n) is 10.7. The Morgan fingerprint density at radius 3 is 1.92 bits per heavy atom. The van der Waals surface area contributed by atoms with Gasteiger partial charge >= 0.3 is 0 Å². The maximum absolute atomic E-state index is 10.4. The fraction of sp³-hybridized carbons (Fsp3) is 1.00. The number of rotatable bonds is 14. The number of nitrogens with two attached hydrogens (primary N) is 1. The molecule has 1 fully saturated rings. The maximum atomic E-state index is 10.4. The summed E-state index contributed by atoms with van der Waals surface area (Å²) >= 11 is 0. The van der Waals surface area contributed by atoms with Crippen LogP contribution in [-0.4, -0.2) is 35.8 Å². The highest BCUT2D eigenvalue weighted by molar-refractivity contribution is 4.85. The number of aliphatic hydroxyl groups is 1. The van der Waals surface area contributed by atoms with Crippen LogP contribution in [0.15, 0.2) is 0 Å². The Hall–Kier alpha value is -0.160. The molecule has 1 aliphatic rings. The number of hydrogen-bond acceptors (Lipinski definition) is 4. The summed E-state index contributed by atoms with van der Waals surface area (Å²) in [6.45, 7) is 6.47. The minimum Gasteiger partial charge on any atom is -0.390 e. The predicted molar refractivity (Wildman–Crippen MR) is 105 cm³/mol. The van der Waals surface area contributed by atoms with Gasteiger partial charge in [-0.25, -0.2) is 0 Å². The van der Waals surface area contributed by atoms with Gasteiger partial charge in [0, 0.05) is 0 Å². The SMILES string of the molecule is CCCCCCCCCCCCCC[C@H](O)[C@@H]1OC(C)(C)OC[C@H]1N. The minimum atomic E-state index is -0.641. The van der Waals surface area contributed by atoms with E-state index in [-0.39, 0.29) is 12.1 Å². The van der Waals surface area contributed by atoms with Gasteiger partial charge in [-0.2, -0.15) is 0 Å². The van der Waals surface area contributed by atoms with Crippen molar-refractivity contribution in [1.29, 1.82) is 0 Å². The Labute approximate surface area is 155 Å². The van der Waals surface area contributed by atoms with Gasteiger partial charge in [0.2, 0.25) is 0 Å². The zero-order chi connectivity index (χ0) is 18.5. The smallest absolute Gasteiger partial charge is 0.163 e. The van der Waals surface area contributed by atoms with Crippen LogP contribution in [0.5, 0.6) is 0 Å². The van der Waals surface area contributed by atoms with Crippen molar-refractivity contribution in [1.82, 2.24) is 0 Å².